The van der Waals surface area contributed by atoms with Crippen molar-refractivity contribution in [3.63, 3.8) is 0 Å². The largest absolute Gasteiger partial charge is 0.356 e. The summed E-state index contributed by atoms with van der Waals surface area (Å²) in [4.78, 5) is 33.9. The topological polar surface area (TPSA) is 66.5 Å². The zero-order valence-corrected chi connectivity index (χ0v) is 10.6. The first-order valence-electron chi connectivity index (χ1n) is 5.98. The minimum Gasteiger partial charge on any atom is -0.356 e. The minimum absolute atomic E-state index is 0.0423. The van der Waals surface area contributed by atoms with E-state index in [9.17, 15) is 14.4 Å². The van der Waals surface area contributed by atoms with Crippen LogP contribution in [0.4, 0.5) is 0 Å². The summed E-state index contributed by atoms with van der Waals surface area (Å²) in [7, 11) is 0. The fraction of sp³-hybridized carbons (Fsp3) is 0.667. The molecule has 3 amide bonds. The highest BCUT2D eigenvalue weighted by molar-refractivity contribution is 5.85. The summed E-state index contributed by atoms with van der Waals surface area (Å²) in [6.45, 7) is 4.50. The summed E-state index contributed by atoms with van der Waals surface area (Å²) >= 11 is 0. The average molecular weight is 241 g/mol. The highest BCUT2D eigenvalue weighted by atomic mass is 16.2. The Morgan fingerprint density at radius 3 is 2.47 bits per heavy atom. The zero-order chi connectivity index (χ0) is 13.1. The van der Waals surface area contributed by atoms with Gasteiger partial charge in [0.15, 0.2) is 0 Å². The highest BCUT2D eigenvalue weighted by Crippen LogP contribution is 1.97. The van der Waals surface area contributed by atoms with Crippen molar-refractivity contribution in [2.24, 2.45) is 0 Å². The molecule has 0 bridgehead atoms. The van der Waals surface area contributed by atoms with Crippen LogP contribution in [0, 0.1) is 6.42 Å². The number of carbonyl (C=O) groups excluding carboxylic acids is 3. The monoisotopic (exact) mass is 241 g/mol. The van der Waals surface area contributed by atoms with Gasteiger partial charge in [-0.1, -0.05) is 13.8 Å². The van der Waals surface area contributed by atoms with Crippen LogP contribution in [0.3, 0.4) is 0 Å². The SMILES string of the molecule is CCC(=O)NCCC[CH]CN(C=O)C(=O)CC. The molecule has 0 rings (SSSR count). The molecule has 0 spiro atoms. The Bertz CT molecular complexity index is 254. The third kappa shape index (κ3) is 7.49. The molecule has 1 radical (unpaired) electrons. The van der Waals surface area contributed by atoms with Gasteiger partial charge >= 0.3 is 0 Å². The normalized spacial score (nSPS) is 9.76. The first kappa shape index (κ1) is 15.6. The number of rotatable bonds is 9. The fourth-order valence-corrected chi connectivity index (χ4v) is 1.24. The molecule has 0 aliphatic heterocycles. The summed E-state index contributed by atoms with van der Waals surface area (Å²) < 4.78 is 0. The van der Waals surface area contributed by atoms with Gasteiger partial charge in [0, 0.05) is 25.9 Å². The number of unbranched alkanes of at least 4 members (excludes halogenated alkanes) is 2. The number of nitrogens with one attached hydrogen (secondary N) is 1. The fourth-order valence-electron chi connectivity index (χ4n) is 1.24. The van der Waals surface area contributed by atoms with E-state index in [2.05, 4.69) is 5.32 Å². The van der Waals surface area contributed by atoms with Crippen molar-refractivity contribution in [1.82, 2.24) is 10.2 Å². The van der Waals surface area contributed by atoms with Crippen molar-refractivity contribution in [1.29, 1.82) is 0 Å². The lowest BCUT2D eigenvalue weighted by Crippen LogP contribution is -2.30. The number of hydrogen-bond acceptors (Lipinski definition) is 3. The van der Waals surface area contributed by atoms with Crippen molar-refractivity contribution in [3.8, 4) is 0 Å². The van der Waals surface area contributed by atoms with E-state index >= 15 is 0 Å². The van der Waals surface area contributed by atoms with Crippen molar-refractivity contribution in [3.05, 3.63) is 6.42 Å². The van der Waals surface area contributed by atoms with Gasteiger partial charge in [-0.3, -0.25) is 19.3 Å². The predicted octanol–water partition coefficient (Wildman–Crippen LogP) is 0.892. The Morgan fingerprint density at radius 2 is 1.94 bits per heavy atom. The number of carbonyl (C=O) groups is 3. The summed E-state index contributed by atoms with van der Waals surface area (Å²) in [5, 5.41) is 2.76. The van der Waals surface area contributed by atoms with E-state index in [0.717, 1.165) is 17.7 Å². The minimum atomic E-state index is -0.171. The van der Waals surface area contributed by atoms with Crippen LogP contribution >= 0.6 is 0 Å². The van der Waals surface area contributed by atoms with Gasteiger partial charge in [-0.2, -0.15) is 0 Å². The van der Waals surface area contributed by atoms with Crippen LogP contribution in [0.1, 0.15) is 39.5 Å². The lowest BCUT2D eigenvalue weighted by atomic mass is 10.2. The first-order valence-corrected chi connectivity index (χ1v) is 5.98. The van der Waals surface area contributed by atoms with Crippen molar-refractivity contribution in [2.75, 3.05) is 13.1 Å². The molecule has 5 heteroatoms. The molecular weight excluding hydrogens is 220 g/mol. The maximum atomic E-state index is 11.2. The Balaban J connectivity index is 3.53. The molecule has 1 N–H and O–H groups in total. The van der Waals surface area contributed by atoms with Gasteiger partial charge in [-0.25, -0.2) is 0 Å². The molecule has 0 heterocycles. The van der Waals surface area contributed by atoms with Crippen LogP contribution in [-0.2, 0) is 14.4 Å². The van der Waals surface area contributed by atoms with Crippen LogP contribution in [0.2, 0.25) is 0 Å². The predicted molar refractivity (Wildman–Crippen MR) is 64.9 cm³/mol. The summed E-state index contributed by atoms with van der Waals surface area (Å²) in [5.41, 5.74) is 0. The number of hydrogen-bond donors (Lipinski definition) is 1. The quantitative estimate of drug-likeness (QED) is 0.481. The standard InChI is InChI=1S/C12H21N2O3/c1-3-11(16)13-8-6-5-7-9-14(10-15)12(17)4-2/h7,10H,3-6,8-9H2,1-2H3,(H,13,16). The van der Waals surface area contributed by atoms with Crippen LogP contribution in [0.25, 0.3) is 0 Å². The second-order valence-electron chi connectivity index (χ2n) is 3.64. The summed E-state index contributed by atoms with van der Waals surface area (Å²) in [5.74, 6) is -0.129. The van der Waals surface area contributed by atoms with E-state index in [-0.39, 0.29) is 11.8 Å². The molecule has 0 aliphatic rings. The van der Waals surface area contributed by atoms with E-state index in [1.54, 1.807) is 13.8 Å². The molecule has 0 aromatic heterocycles. The lowest BCUT2D eigenvalue weighted by Gasteiger charge is -2.13. The third-order valence-corrected chi connectivity index (χ3v) is 2.30. The van der Waals surface area contributed by atoms with Crippen LogP contribution < -0.4 is 5.32 Å². The molecule has 0 fully saturated rings. The molecule has 0 aliphatic carbocycles. The van der Waals surface area contributed by atoms with Gasteiger partial charge in [-0.15, -0.1) is 0 Å². The van der Waals surface area contributed by atoms with E-state index in [4.69, 9.17) is 0 Å². The van der Waals surface area contributed by atoms with E-state index in [0.29, 0.717) is 32.3 Å². The zero-order valence-electron chi connectivity index (χ0n) is 10.6. The molecule has 97 valence electrons. The van der Waals surface area contributed by atoms with Gasteiger partial charge in [0.1, 0.15) is 0 Å². The van der Waals surface area contributed by atoms with Crippen LogP contribution in [0.5, 0.6) is 0 Å². The van der Waals surface area contributed by atoms with Gasteiger partial charge in [0.2, 0.25) is 18.2 Å². The van der Waals surface area contributed by atoms with Crippen molar-refractivity contribution >= 4 is 18.2 Å². The molecule has 0 atom stereocenters. The van der Waals surface area contributed by atoms with E-state index in [1.807, 2.05) is 6.42 Å². The third-order valence-electron chi connectivity index (χ3n) is 2.30. The maximum absolute atomic E-state index is 11.2. The number of nitrogens with zero attached hydrogens (tertiary/aromatic N) is 1. The van der Waals surface area contributed by atoms with Crippen molar-refractivity contribution in [2.45, 2.75) is 39.5 Å². The van der Waals surface area contributed by atoms with Crippen molar-refractivity contribution < 1.29 is 14.4 Å². The molecule has 5 nitrogen and oxygen atoms in total. The molecular formula is C12H21N2O3. The van der Waals surface area contributed by atoms with Crippen LogP contribution in [-0.4, -0.2) is 36.2 Å². The number of amides is 3. The molecule has 0 aromatic carbocycles. The van der Waals surface area contributed by atoms with E-state index < -0.39 is 0 Å². The Labute approximate surface area is 103 Å². The highest BCUT2D eigenvalue weighted by Gasteiger charge is 2.08. The first-order chi connectivity index (χ1) is 8.15. The maximum Gasteiger partial charge on any atom is 0.228 e. The summed E-state index contributed by atoms with van der Waals surface area (Å²) in [6, 6.07) is 0. The number of imide groups is 1. The molecule has 0 aromatic rings. The van der Waals surface area contributed by atoms with Gasteiger partial charge in [-0.05, 0) is 19.3 Å². The molecule has 0 unspecified atom stereocenters. The second-order valence-corrected chi connectivity index (χ2v) is 3.64. The Hall–Kier alpha value is -1.39. The van der Waals surface area contributed by atoms with Gasteiger partial charge < -0.3 is 5.32 Å². The summed E-state index contributed by atoms with van der Waals surface area (Å²) in [6.07, 6.45) is 4.85. The molecule has 0 saturated heterocycles. The average Bonchev–Trinajstić information content (AvgIpc) is 2.36. The van der Waals surface area contributed by atoms with E-state index in [1.165, 1.54) is 0 Å². The van der Waals surface area contributed by atoms with Gasteiger partial charge in [0.05, 0.1) is 0 Å². The lowest BCUT2D eigenvalue weighted by molar-refractivity contribution is -0.137. The molecule has 0 saturated carbocycles. The Morgan fingerprint density at radius 1 is 1.24 bits per heavy atom. The second kappa shape index (κ2) is 9.81. The Kier molecular flexibility index (Phi) is 9.01. The smallest absolute Gasteiger partial charge is 0.228 e. The van der Waals surface area contributed by atoms with Crippen LogP contribution in [0.15, 0.2) is 0 Å². The molecule has 17 heavy (non-hydrogen) atoms. The van der Waals surface area contributed by atoms with Gasteiger partial charge in [0.25, 0.3) is 0 Å².